The van der Waals surface area contributed by atoms with Crippen LogP contribution in [0.3, 0.4) is 0 Å². The monoisotopic (exact) mass is 376 g/mol. The Balaban J connectivity index is 1.49. The number of hydrogen-bond acceptors (Lipinski definition) is 5. The van der Waals surface area contributed by atoms with Crippen molar-refractivity contribution < 1.29 is 19.1 Å². The minimum Gasteiger partial charge on any atom is -0.453 e. The molecule has 1 atom stereocenters. The minimum absolute atomic E-state index is 0.0196. The van der Waals surface area contributed by atoms with E-state index in [0.29, 0.717) is 22.0 Å². The molecule has 3 aromatic rings. The number of aromatic amines is 1. The van der Waals surface area contributed by atoms with Crippen LogP contribution in [0.1, 0.15) is 39.3 Å². The summed E-state index contributed by atoms with van der Waals surface area (Å²) in [6.07, 6.45) is 0. The van der Waals surface area contributed by atoms with Crippen LogP contribution in [0.4, 0.5) is 5.69 Å². The third kappa shape index (κ3) is 3.07. The largest absolute Gasteiger partial charge is 0.453 e. The summed E-state index contributed by atoms with van der Waals surface area (Å²) >= 11 is 0. The van der Waals surface area contributed by atoms with Gasteiger partial charge < -0.3 is 15.0 Å². The van der Waals surface area contributed by atoms with Crippen molar-refractivity contribution in [2.45, 2.75) is 12.8 Å². The van der Waals surface area contributed by atoms with E-state index < -0.39 is 23.9 Å². The summed E-state index contributed by atoms with van der Waals surface area (Å²) < 4.78 is 5.07. The number of anilines is 1. The van der Waals surface area contributed by atoms with Gasteiger partial charge in [0.2, 0.25) is 5.91 Å². The van der Waals surface area contributed by atoms with Gasteiger partial charge in [0.05, 0.1) is 5.92 Å². The van der Waals surface area contributed by atoms with Gasteiger partial charge in [-0.15, -0.1) is 0 Å². The van der Waals surface area contributed by atoms with Crippen LogP contribution in [-0.4, -0.2) is 29.3 Å². The highest BCUT2D eigenvalue weighted by Crippen LogP contribution is 2.32. The highest BCUT2D eigenvalue weighted by atomic mass is 16.5. The van der Waals surface area contributed by atoms with E-state index in [1.807, 2.05) is 0 Å². The number of ether oxygens (including phenoxy) is 1. The average molecular weight is 376 g/mol. The maximum Gasteiger partial charge on any atom is 0.355 e. The fourth-order valence-electron chi connectivity index (χ4n) is 3.20. The fraction of sp³-hybridized carbons (Fsp3) is 0.143. The summed E-state index contributed by atoms with van der Waals surface area (Å²) in [5.74, 6) is -1.65. The lowest BCUT2D eigenvalue weighted by atomic mass is 9.99. The Morgan fingerprint density at radius 2 is 1.86 bits per heavy atom. The minimum atomic E-state index is -0.789. The van der Waals surface area contributed by atoms with Gasteiger partial charge in [-0.3, -0.25) is 14.4 Å². The number of carbonyl (C=O) groups excluding carboxylic acids is 3. The summed E-state index contributed by atoms with van der Waals surface area (Å²) in [4.78, 5) is 50.9. The van der Waals surface area contributed by atoms with Crippen molar-refractivity contribution in [2.75, 3.05) is 11.9 Å². The van der Waals surface area contributed by atoms with Crippen LogP contribution in [0.5, 0.6) is 0 Å². The van der Waals surface area contributed by atoms with Gasteiger partial charge in [0.1, 0.15) is 5.69 Å². The highest BCUT2D eigenvalue weighted by Gasteiger charge is 2.27. The van der Waals surface area contributed by atoms with E-state index in [1.165, 1.54) is 6.07 Å². The maximum atomic E-state index is 12.4. The Kier molecular flexibility index (Phi) is 4.27. The van der Waals surface area contributed by atoms with Crippen LogP contribution in [0, 0.1) is 0 Å². The van der Waals surface area contributed by atoms with Crippen molar-refractivity contribution in [3.8, 4) is 0 Å². The molecule has 0 saturated carbocycles. The van der Waals surface area contributed by atoms with E-state index in [2.05, 4.69) is 10.3 Å². The number of carbonyl (C=O) groups is 3. The van der Waals surface area contributed by atoms with Crippen molar-refractivity contribution in [1.29, 1.82) is 0 Å². The lowest BCUT2D eigenvalue weighted by Crippen LogP contribution is -2.18. The standard InChI is InChI=1S/C21H16N2O5/c1-11-15-8-13(6-7-16(15)22-19(11)25)18(24)10-28-21(27)17-9-12-4-2-3-5-14(12)20(26)23-17/h2-9,11H,10H2,1H3,(H,22,25)(H,23,26)/t11-/m1/s1. The van der Waals surface area contributed by atoms with Crippen LogP contribution in [-0.2, 0) is 9.53 Å². The number of rotatable bonds is 4. The second kappa shape index (κ2) is 6.77. The van der Waals surface area contributed by atoms with Crippen molar-refractivity contribution >= 4 is 34.1 Å². The van der Waals surface area contributed by atoms with E-state index >= 15 is 0 Å². The zero-order valence-corrected chi connectivity index (χ0v) is 14.9. The lowest BCUT2D eigenvalue weighted by Gasteiger charge is -2.07. The van der Waals surface area contributed by atoms with Gasteiger partial charge in [0.15, 0.2) is 12.4 Å². The molecular formula is C21H16N2O5. The second-order valence-corrected chi connectivity index (χ2v) is 6.61. The predicted octanol–water partition coefficient (Wildman–Crippen LogP) is 2.62. The highest BCUT2D eigenvalue weighted by molar-refractivity contribution is 6.05. The number of benzene rings is 2. The maximum absolute atomic E-state index is 12.4. The molecule has 7 nitrogen and oxygen atoms in total. The van der Waals surface area contributed by atoms with Gasteiger partial charge in [-0.1, -0.05) is 18.2 Å². The second-order valence-electron chi connectivity index (χ2n) is 6.61. The molecule has 7 heteroatoms. The van der Waals surface area contributed by atoms with Crippen LogP contribution in [0.2, 0.25) is 0 Å². The molecule has 0 radical (unpaired) electrons. The molecule has 0 unspecified atom stereocenters. The topological polar surface area (TPSA) is 105 Å². The molecule has 2 aromatic carbocycles. The van der Waals surface area contributed by atoms with Crippen molar-refractivity contribution in [3.05, 3.63) is 75.7 Å². The molecule has 1 aromatic heterocycles. The molecule has 0 saturated heterocycles. The Morgan fingerprint density at radius 3 is 2.68 bits per heavy atom. The molecule has 1 aliphatic rings. The van der Waals surface area contributed by atoms with Gasteiger partial charge >= 0.3 is 5.97 Å². The van der Waals surface area contributed by atoms with Gasteiger partial charge in [-0.25, -0.2) is 4.79 Å². The summed E-state index contributed by atoms with van der Waals surface area (Å²) in [5.41, 5.74) is 1.35. The van der Waals surface area contributed by atoms with E-state index in [-0.39, 0.29) is 17.5 Å². The number of amides is 1. The number of H-pyrrole nitrogens is 1. The number of esters is 1. The zero-order valence-electron chi connectivity index (χ0n) is 14.9. The first-order valence-electron chi connectivity index (χ1n) is 8.71. The van der Waals surface area contributed by atoms with E-state index in [4.69, 9.17) is 4.74 Å². The first-order chi connectivity index (χ1) is 13.4. The van der Waals surface area contributed by atoms with Gasteiger partial charge in [0, 0.05) is 16.6 Å². The average Bonchev–Trinajstić information content (AvgIpc) is 2.99. The molecule has 2 N–H and O–H groups in total. The van der Waals surface area contributed by atoms with Crippen LogP contribution < -0.4 is 10.9 Å². The van der Waals surface area contributed by atoms with E-state index in [0.717, 1.165) is 5.56 Å². The van der Waals surface area contributed by atoms with Gasteiger partial charge in [0.25, 0.3) is 5.56 Å². The first-order valence-corrected chi connectivity index (χ1v) is 8.71. The Bertz CT molecular complexity index is 1190. The number of ketones is 1. The number of Topliss-reactive ketones (excluding diaryl/α,β-unsaturated/α-hetero) is 1. The fourth-order valence-corrected chi connectivity index (χ4v) is 3.20. The molecule has 0 fully saturated rings. The van der Waals surface area contributed by atoms with Crippen LogP contribution >= 0.6 is 0 Å². The molecule has 140 valence electrons. The Hall–Kier alpha value is -3.74. The molecule has 4 rings (SSSR count). The quantitative estimate of drug-likeness (QED) is 0.538. The normalized spacial score (nSPS) is 15.2. The Labute approximate surface area is 159 Å². The van der Waals surface area contributed by atoms with E-state index in [9.17, 15) is 19.2 Å². The number of aromatic nitrogens is 1. The Morgan fingerprint density at radius 1 is 1.07 bits per heavy atom. The number of fused-ring (bicyclic) bond motifs is 2. The van der Waals surface area contributed by atoms with Crippen molar-refractivity contribution in [1.82, 2.24) is 4.98 Å². The van der Waals surface area contributed by atoms with Crippen molar-refractivity contribution in [2.24, 2.45) is 0 Å². The van der Waals surface area contributed by atoms with Gasteiger partial charge in [-0.2, -0.15) is 0 Å². The molecule has 0 aliphatic carbocycles. The molecule has 0 bridgehead atoms. The first kappa shape index (κ1) is 17.7. The summed E-state index contributed by atoms with van der Waals surface area (Å²) in [6.45, 7) is 1.29. The molecule has 1 aliphatic heterocycles. The molecule has 1 amide bonds. The van der Waals surface area contributed by atoms with Gasteiger partial charge in [-0.05, 0) is 48.2 Å². The third-order valence-corrected chi connectivity index (χ3v) is 4.80. The van der Waals surface area contributed by atoms with Crippen LogP contribution in [0.25, 0.3) is 10.8 Å². The number of hydrogen-bond donors (Lipinski definition) is 2. The third-order valence-electron chi connectivity index (χ3n) is 4.80. The summed E-state index contributed by atoms with van der Waals surface area (Å²) in [6, 6.07) is 13.2. The van der Waals surface area contributed by atoms with Crippen LogP contribution in [0.15, 0.2) is 53.3 Å². The summed E-state index contributed by atoms with van der Waals surface area (Å²) in [5, 5.41) is 3.80. The smallest absolute Gasteiger partial charge is 0.355 e. The molecule has 0 spiro atoms. The number of pyridine rings is 1. The van der Waals surface area contributed by atoms with Crippen molar-refractivity contribution in [3.63, 3.8) is 0 Å². The molecule has 28 heavy (non-hydrogen) atoms. The zero-order chi connectivity index (χ0) is 19.8. The summed E-state index contributed by atoms with van der Waals surface area (Å²) in [7, 11) is 0. The predicted molar refractivity (Wildman–Crippen MR) is 103 cm³/mol. The SMILES string of the molecule is C[C@H]1C(=O)Nc2ccc(C(=O)COC(=O)c3cc4ccccc4c(=O)[nH]3)cc21. The lowest BCUT2D eigenvalue weighted by molar-refractivity contribution is -0.116. The van der Waals surface area contributed by atoms with E-state index in [1.54, 1.807) is 49.4 Å². The molecule has 2 heterocycles. The number of nitrogens with one attached hydrogen (secondary N) is 2. The molecular weight excluding hydrogens is 360 g/mol.